The topological polar surface area (TPSA) is 111 Å². The Morgan fingerprint density at radius 2 is 1.79 bits per heavy atom. The minimum Gasteiger partial charge on any atom is -0.411 e. The molecular formula is C16H9Cl3N4O4S. The minimum absolute atomic E-state index is 0.0413. The van der Waals surface area contributed by atoms with Crippen LogP contribution in [0.2, 0.25) is 15.1 Å². The summed E-state index contributed by atoms with van der Waals surface area (Å²) in [6, 6.07) is 9.06. The number of anilines is 1. The summed E-state index contributed by atoms with van der Waals surface area (Å²) in [5.41, 5.74) is 0.507. The Morgan fingerprint density at radius 3 is 2.39 bits per heavy atom. The lowest BCUT2D eigenvalue weighted by molar-refractivity contribution is -0.384. The third-order valence-electron chi connectivity index (χ3n) is 3.33. The highest BCUT2D eigenvalue weighted by atomic mass is 35.5. The SMILES string of the molecule is O=C(CSc1nnc(-c2ccc(Cl)cc2)o1)Nc1c(Cl)cc([N+](=O)[O-])cc1Cl. The third kappa shape index (κ3) is 4.93. The molecular weight excluding hydrogens is 451 g/mol. The highest BCUT2D eigenvalue weighted by Gasteiger charge is 2.17. The monoisotopic (exact) mass is 458 g/mol. The molecule has 0 fully saturated rings. The second-order valence-corrected chi connectivity index (χ2v) is 7.44. The Bertz CT molecular complexity index is 1020. The quantitative estimate of drug-likeness (QED) is 0.301. The summed E-state index contributed by atoms with van der Waals surface area (Å²) >= 11 is 18.8. The van der Waals surface area contributed by atoms with E-state index in [0.717, 1.165) is 23.9 Å². The molecule has 12 heteroatoms. The van der Waals surface area contributed by atoms with E-state index in [2.05, 4.69) is 15.5 Å². The zero-order valence-corrected chi connectivity index (χ0v) is 16.8. The molecule has 1 N–H and O–H groups in total. The molecule has 2 aromatic carbocycles. The smallest absolute Gasteiger partial charge is 0.277 e. The summed E-state index contributed by atoms with van der Waals surface area (Å²) in [5, 5.41) is 21.8. The van der Waals surface area contributed by atoms with Crippen molar-refractivity contribution in [1.82, 2.24) is 10.2 Å². The lowest BCUT2D eigenvalue weighted by atomic mass is 10.2. The van der Waals surface area contributed by atoms with Crippen molar-refractivity contribution in [2.24, 2.45) is 0 Å². The summed E-state index contributed by atoms with van der Waals surface area (Å²) in [6.45, 7) is 0. The van der Waals surface area contributed by atoms with Crippen molar-refractivity contribution in [3.05, 3.63) is 61.6 Å². The number of nitrogens with zero attached hydrogens (tertiary/aromatic N) is 3. The van der Waals surface area contributed by atoms with Gasteiger partial charge in [0.1, 0.15) is 0 Å². The van der Waals surface area contributed by atoms with Crippen LogP contribution in [0.5, 0.6) is 0 Å². The number of carbonyl (C=O) groups excluding carboxylic acids is 1. The van der Waals surface area contributed by atoms with Crippen LogP contribution in [0.1, 0.15) is 0 Å². The van der Waals surface area contributed by atoms with Gasteiger partial charge in [-0.1, -0.05) is 46.6 Å². The number of nitrogens with one attached hydrogen (secondary N) is 1. The first-order chi connectivity index (χ1) is 13.3. The van der Waals surface area contributed by atoms with E-state index in [1.807, 2.05) is 0 Å². The van der Waals surface area contributed by atoms with Crippen molar-refractivity contribution in [2.45, 2.75) is 5.22 Å². The molecule has 0 radical (unpaired) electrons. The number of rotatable bonds is 6. The van der Waals surface area contributed by atoms with Crippen molar-refractivity contribution in [3.63, 3.8) is 0 Å². The summed E-state index contributed by atoms with van der Waals surface area (Å²) in [7, 11) is 0. The predicted octanol–water partition coefficient (Wildman–Crippen LogP) is 5.34. The van der Waals surface area contributed by atoms with E-state index in [9.17, 15) is 14.9 Å². The van der Waals surface area contributed by atoms with Gasteiger partial charge >= 0.3 is 0 Å². The van der Waals surface area contributed by atoms with E-state index >= 15 is 0 Å². The van der Waals surface area contributed by atoms with E-state index < -0.39 is 10.8 Å². The molecule has 1 heterocycles. The van der Waals surface area contributed by atoms with Crippen molar-refractivity contribution in [1.29, 1.82) is 0 Å². The van der Waals surface area contributed by atoms with E-state index in [1.54, 1.807) is 24.3 Å². The second kappa shape index (κ2) is 8.78. The van der Waals surface area contributed by atoms with Gasteiger partial charge in [-0.25, -0.2) is 0 Å². The molecule has 0 unspecified atom stereocenters. The molecule has 0 bridgehead atoms. The number of thioether (sulfide) groups is 1. The summed E-state index contributed by atoms with van der Waals surface area (Å²) in [4.78, 5) is 22.3. The summed E-state index contributed by atoms with van der Waals surface area (Å²) in [6.07, 6.45) is 0. The lowest BCUT2D eigenvalue weighted by Gasteiger charge is -2.08. The van der Waals surface area contributed by atoms with Crippen molar-refractivity contribution >= 4 is 63.8 Å². The molecule has 0 atom stereocenters. The van der Waals surface area contributed by atoms with Gasteiger partial charge in [-0.15, -0.1) is 10.2 Å². The number of halogens is 3. The highest BCUT2D eigenvalue weighted by molar-refractivity contribution is 7.99. The Kier molecular flexibility index (Phi) is 6.40. The molecule has 3 aromatic rings. The van der Waals surface area contributed by atoms with Crippen LogP contribution < -0.4 is 5.32 Å². The van der Waals surface area contributed by atoms with Gasteiger partial charge < -0.3 is 9.73 Å². The second-order valence-electron chi connectivity index (χ2n) is 5.26. The number of hydrogen-bond acceptors (Lipinski definition) is 7. The predicted molar refractivity (Wildman–Crippen MR) is 107 cm³/mol. The summed E-state index contributed by atoms with van der Waals surface area (Å²) in [5.74, 6) is -0.221. The number of carbonyl (C=O) groups is 1. The van der Waals surface area contributed by atoms with Gasteiger partial charge in [-0.05, 0) is 24.3 Å². The van der Waals surface area contributed by atoms with Crippen molar-refractivity contribution in [2.75, 3.05) is 11.1 Å². The van der Waals surface area contributed by atoms with Gasteiger partial charge in [0.25, 0.3) is 10.9 Å². The van der Waals surface area contributed by atoms with Crippen LogP contribution in [-0.2, 0) is 4.79 Å². The van der Waals surface area contributed by atoms with Crippen LogP contribution >= 0.6 is 46.6 Å². The maximum absolute atomic E-state index is 12.1. The first-order valence-corrected chi connectivity index (χ1v) is 9.61. The van der Waals surface area contributed by atoms with Gasteiger partial charge in [0.2, 0.25) is 11.8 Å². The van der Waals surface area contributed by atoms with Gasteiger partial charge in [0, 0.05) is 22.7 Å². The number of benzene rings is 2. The number of nitro groups is 1. The Balaban J connectivity index is 1.62. The first kappa shape index (κ1) is 20.4. The van der Waals surface area contributed by atoms with E-state index in [-0.39, 0.29) is 32.4 Å². The van der Waals surface area contributed by atoms with Crippen LogP contribution in [0, 0.1) is 10.1 Å². The first-order valence-electron chi connectivity index (χ1n) is 7.49. The standard InChI is InChI=1S/C16H9Cl3N4O4S/c17-9-3-1-8(2-4-9)15-21-22-16(27-15)28-7-13(24)20-14-11(18)5-10(23(25)26)6-12(14)19/h1-6H,7H2,(H,20,24). The van der Waals surface area contributed by atoms with Crippen molar-refractivity contribution in [3.8, 4) is 11.5 Å². The van der Waals surface area contributed by atoms with Crippen LogP contribution in [0.25, 0.3) is 11.5 Å². The maximum Gasteiger partial charge on any atom is 0.277 e. The number of nitro benzene ring substituents is 1. The molecule has 28 heavy (non-hydrogen) atoms. The summed E-state index contributed by atoms with van der Waals surface area (Å²) < 4.78 is 5.49. The van der Waals surface area contributed by atoms with Gasteiger partial charge in [-0.2, -0.15) is 0 Å². The average molecular weight is 460 g/mol. The van der Waals surface area contributed by atoms with Gasteiger partial charge in [0.05, 0.1) is 26.4 Å². The fourth-order valence-corrected chi connectivity index (χ4v) is 3.32. The number of aromatic nitrogens is 2. The molecule has 0 saturated carbocycles. The third-order valence-corrected chi connectivity index (χ3v) is 4.99. The van der Waals surface area contributed by atoms with Crippen LogP contribution in [0.4, 0.5) is 11.4 Å². The van der Waals surface area contributed by atoms with Crippen LogP contribution in [0.3, 0.4) is 0 Å². The van der Waals surface area contributed by atoms with Gasteiger partial charge in [-0.3, -0.25) is 14.9 Å². The van der Waals surface area contributed by atoms with E-state index in [4.69, 9.17) is 39.2 Å². The molecule has 144 valence electrons. The number of hydrogen-bond donors (Lipinski definition) is 1. The molecule has 0 saturated heterocycles. The lowest BCUT2D eigenvalue weighted by Crippen LogP contribution is -2.14. The van der Waals surface area contributed by atoms with Crippen LogP contribution in [0.15, 0.2) is 46.0 Å². The Hall–Kier alpha value is -2.33. The maximum atomic E-state index is 12.1. The van der Waals surface area contributed by atoms with E-state index in [1.165, 1.54) is 0 Å². The highest BCUT2D eigenvalue weighted by Crippen LogP contribution is 2.35. The van der Waals surface area contributed by atoms with Gasteiger partial charge in [0.15, 0.2) is 0 Å². The number of amides is 1. The molecule has 0 spiro atoms. The average Bonchev–Trinajstić information content (AvgIpc) is 3.12. The normalized spacial score (nSPS) is 10.7. The Labute approximate surface area is 177 Å². The molecule has 1 aromatic heterocycles. The molecule has 0 aliphatic carbocycles. The molecule has 3 rings (SSSR count). The molecule has 8 nitrogen and oxygen atoms in total. The zero-order chi connectivity index (χ0) is 20.3. The fourth-order valence-electron chi connectivity index (χ4n) is 2.06. The number of non-ortho nitro benzene ring substituents is 1. The zero-order valence-electron chi connectivity index (χ0n) is 13.7. The fraction of sp³-hybridized carbons (Fsp3) is 0.0625. The van der Waals surface area contributed by atoms with E-state index in [0.29, 0.717) is 16.5 Å². The van der Waals surface area contributed by atoms with Crippen molar-refractivity contribution < 1.29 is 14.1 Å². The largest absolute Gasteiger partial charge is 0.411 e. The van der Waals surface area contributed by atoms with Crippen LogP contribution in [-0.4, -0.2) is 26.8 Å². The molecule has 1 amide bonds. The Morgan fingerprint density at radius 1 is 1.14 bits per heavy atom. The molecule has 0 aliphatic heterocycles. The minimum atomic E-state index is -0.632. The molecule has 0 aliphatic rings.